The molecule has 2 aliphatic heterocycles. The summed E-state index contributed by atoms with van der Waals surface area (Å²) < 4.78 is 13.2. The molecule has 0 amide bonds. The van der Waals surface area contributed by atoms with E-state index in [1.54, 1.807) is 25.4 Å². The molecule has 1 atom stereocenters. The van der Waals surface area contributed by atoms with Crippen LogP contribution in [0.3, 0.4) is 0 Å². The molecular weight excluding hydrogens is 464 g/mol. The van der Waals surface area contributed by atoms with Crippen LogP contribution in [0.4, 0.5) is 0 Å². The highest BCUT2D eigenvalue weighted by Gasteiger charge is 2.25. The van der Waals surface area contributed by atoms with Gasteiger partial charge in [0.25, 0.3) is 0 Å². The van der Waals surface area contributed by atoms with E-state index in [1.807, 2.05) is 0 Å². The first-order valence-electron chi connectivity index (χ1n) is 11.0. The van der Waals surface area contributed by atoms with E-state index in [1.165, 1.54) is 0 Å². The average molecular weight is 493 g/mol. The van der Waals surface area contributed by atoms with Gasteiger partial charge in [-0.25, -0.2) is 9.78 Å². The van der Waals surface area contributed by atoms with Crippen LogP contribution in [0, 0.1) is 0 Å². The van der Waals surface area contributed by atoms with Crippen LogP contribution in [0.15, 0.2) is 27.9 Å². The van der Waals surface area contributed by atoms with Crippen molar-refractivity contribution in [1.29, 1.82) is 0 Å². The predicted octanol–water partition coefficient (Wildman–Crippen LogP) is 2.30. The highest BCUT2D eigenvalue weighted by atomic mass is 79.9. The van der Waals surface area contributed by atoms with Crippen molar-refractivity contribution in [2.75, 3.05) is 59.1 Å². The van der Waals surface area contributed by atoms with E-state index in [0.717, 1.165) is 70.8 Å². The number of aromatic nitrogens is 2. The normalized spacial score (nSPS) is 20.8. The average Bonchev–Trinajstić information content (AvgIpc) is 2.79. The third-order valence-corrected chi connectivity index (χ3v) is 6.52. The molecule has 0 radical (unpaired) electrons. The number of morpholine rings is 1. The summed E-state index contributed by atoms with van der Waals surface area (Å²) >= 11 is 3.35. The summed E-state index contributed by atoms with van der Waals surface area (Å²) in [5.41, 5.74) is 0.520. The monoisotopic (exact) mass is 492 g/mol. The molecule has 2 aromatic heterocycles. The zero-order valence-electron chi connectivity index (χ0n) is 17.9. The van der Waals surface area contributed by atoms with Gasteiger partial charge in [-0.05, 0) is 48.3 Å². The summed E-state index contributed by atoms with van der Waals surface area (Å²) in [7, 11) is 0. The molecule has 2 aromatic rings. The zero-order valence-corrected chi connectivity index (χ0v) is 19.5. The molecule has 0 aromatic carbocycles. The van der Waals surface area contributed by atoms with Gasteiger partial charge in [-0.2, -0.15) is 0 Å². The van der Waals surface area contributed by atoms with Crippen LogP contribution < -0.4 is 5.43 Å². The molecular formula is C22H29BrN4O4. The summed E-state index contributed by atoms with van der Waals surface area (Å²) in [5.74, 6) is -0.573. The van der Waals surface area contributed by atoms with Crippen molar-refractivity contribution in [1.82, 2.24) is 19.4 Å². The Labute approximate surface area is 190 Å². The van der Waals surface area contributed by atoms with Crippen LogP contribution in [0.1, 0.15) is 36.2 Å². The lowest BCUT2D eigenvalue weighted by Gasteiger charge is -2.36. The molecule has 0 N–H and O–H groups in total. The van der Waals surface area contributed by atoms with Crippen LogP contribution in [0.25, 0.3) is 10.9 Å². The third-order valence-electron chi connectivity index (χ3n) is 6.09. The molecule has 0 spiro atoms. The zero-order chi connectivity index (χ0) is 21.8. The van der Waals surface area contributed by atoms with E-state index in [4.69, 9.17) is 9.47 Å². The maximum Gasteiger partial charge on any atom is 0.343 e. The van der Waals surface area contributed by atoms with Gasteiger partial charge in [-0.1, -0.05) is 0 Å². The minimum absolute atomic E-state index is 0.0814. The number of hydrogen-bond acceptors (Lipinski definition) is 7. The number of rotatable bonds is 6. The first kappa shape index (κ1) is 22.4. The summed E-state index contributed by atoms with van der Waals surface area (Å²) in [6, 6.07) is 1.85. The number of ether oxygens (including phenoxy) is 2. The Kier molecular flexibility index (Phi) is 7.37. The Morgan fingerprint density at radius 1 is 1.26 bits per heavy atom. The van der Waals surface area contributed by atoms with Gasteiger partial charge < -0.3 is 18.9 Å². The molecule has 0 bridgehead atoms. The Balaban J connectivity index is 1.60. The first-order valence-corrected chi connectivity index (χ1v) is 11.8. The maximum atomic E-state index is 13.0. The number of pyridine rings is 2. The van der Waals surface area contributed by atoms with Gasteiger partial charge in [0.05, 0.1) is 36.9 Å². The van der Waals surface area contributed by atoms with Crippen molar-refractivity contribution in [3.63, 3.8) is 0 Å². The topological polar surface area (TPSA) is 76.9 Å². The molecule has 4 rings (SSSR count). The molecule has 31 heavy (non-hydrogen) atoms. The fourth-order valence-corrected chi connectivity index (χ4v) is 4.78. The lowest BCUT2D eigenvalue weighted by Crippen LogP contribution is -2.44. The number of hydrogen-bond donors (Lipinski definition) is 0. The van der Waals surface area contributed by atoms with Gasteiger partial charge in [-0.3, -0.25) is 9.69 Å². The molecule has 2 saturated heterocycles. The number of carbonyl (C=O) groups excluding carboxylic acids is 1. The molecule has 8 nitrogen and oxygen atoms in total. The van der Waals surface area contributed by atoms with E-state index in [-0.39, 0.29) is 23.6 Å². The summed E-state index contributed by atoms with van der Waals surface area (Å²) in [6.07, 6.45) is 5.45. The van der Waals surface area contributed by atoms with E-state index in [2.05, 4.69) is 35.3 Å². The molecule has 2 aliphatic rings. The second-order valence-electron chi connectivity index (χ2n) is 8.07. The van der Waals surface area contributed by atoms with Crippen molar-refractivity contribution in [2.24, 2.45) is 0 Å². The van der Waals surface area contributed by atoms with Gasteiger partial charge in [0.1, 0.15) is 10.2 Å². The van der Waals surface area contributed by atoms with E-state index in [9.17, 15) is 9.59 Å². The summed E-state index contributed by atoms with van der Waals surface area (Å²) in [6.45, 7) is 9.55. The van der Waals surface area contributed by atoms with Crippen molar-refractivity contribution in [3.8, 4) is 0 Å². The van der Waals surface area contributed by atoms with E-state index < -0.39 is 5.97 Å². The second-order valence-corrected chi connectivity index (χ2v) is 8.89. The van der Waals surface area contributed by atoms with Crippen molar-refractivity contribution < 1.29 is 14.3 Å². The number of fused-ring (bicyclic) bond motifs is 1. The van der Waals surface area contributed by atoms with Crippen LogP contribution in [0.5, 0.6) is 0 Å². The highest BCUT2D eigenvalue weighted by Crippen LogP contribution is 2.26. The number of piperidine rings is 1. The predicted molar refractivity (Wildman–Crippen MR) is 122 cm³/mol. The lowest BCUT2D eigenvalue weighted by molar-refractivity contribution is 0.0311. The molecule has 0 unspecified atom stereocenters. The maximum absolute atomic E-state index is 13.0. The largest absolute Gasteiger partial charge is 0.462 e. The van der Waals surface area contributed by atoms with E-state index in [0.29, 0.717) is 9.99 Å². The lowest BCUT2D eigenvalue weighted by atomic mass is 10.0. The van der Waals surface area contributed by atoms with Crippen LogP contribution in [-0.2, 0) is 9.47 Å². The van der Waals surface area contributed by atoms with Gasteiger partial charge in [0.15, 0.2) is 0 Å². The van der Waals surface area contributed by atoms with Gasteiger partial charge in [0, 0.05) is 45.0 Å². The number of halogens is 1. The number of esters is 1. The van der Waals surface area contributed by atoms with Gasteiger partial charge in [-0.15, -0.1) is 0 Å². The molecule has 168 valence electrons. The number of nitrogens with zero attached hydrogens (tertiary/aromatic N) is 4. The molecule has 0 saturated carbocycles. The van der Waals surface area contributed by atoms with Crippen LogP contribution in [-0.4, -0.2) is 84.4 Å². The molecule has 9 heteroatoms. The van der Waals surface area contributed by atoms with E-state index >= 15 is 0 Å². The molecule has 0 aliphatic carbocycles. The third kappa shape index (κ3) is 5.16. The SMILES string of the molecule is CCOC(=O)c1cn([C@@H]2CCCN(CCN3CCOCC3)C2)c2cnc(Br)cc2c1=O. The first-order chi connectivity index (χ1) is 15.1. The Hall–Kier alpha value is -1.81. The standard InChI is InChI=1S/C22H29BrN4O4/c1-2-31-22(29)18-15-27(19-13-24-20(23)12-17(19)21(18)28)16-4-3-5-26(14-16)7-6-25-8-10-30-11-9-25/h12-13,15-16H,2-11,14H2,1H3/t16-/m1/s1. The summed E-state index contributed by atoms with van der Waals surface area (Å²) in [5, 5.41) is 0.484. The Bertz CT molecular complexity index is 989. The quantitative estimate of drug-likeness (QED) is 0.452. The molecule has 4 heterocycles. The highest BCUT2D eigenvalue weighted by molar-refractivity contribution is 9.10. The van der Waals surface area contributed by atoms with Gasteiger partial charge in [0.2, 0.25) is 5.43 Å². The molecule has 2 fully saturated rings. The number of carbonyl (C=O) groups is 1. The Morgan fingerprint density at radius 3 is 2.81 bits per heavy atom. The smallest absolute Gasteiger partial charge is 0.343 e. The minimum atomic E-state index is -0.573. The van der Waals surface area contributed by atoms with Crippen molar-refractivity contribution in [3.05, 3.63) is 38.9 Å². The fraction of sp³-hybridized carbons (Fsp3) is 0.591. The Morgan fingerprint density at radius 2 is 2.03 bits per heavy atom. The second kappa shape index (κ2) is 10.2. The minimum Gasteiger partial charge on any atom is -0.462 e. The number of likely N-dealkylation sites (tertiary alicyclic amines) is 1. The van der Waals surface area contributed by atoms with Gasteiger partial charge >= 0.3 is 5.97 Å². The van der Waals surface area contributed by atoms with Crippen LogP contribution >= 0.6 is 15.9 Å². The van der Waals surface area contributed by atoms with Crippen LogP contribution in [0.2, 0.25) is 0 Å². The van der Waals surface area contributed by atoms with Crippen molar-refractivity contribution in [2.45, 2.75) is 25.8 Å². The van der Waals surface area contributed by atoms with Crippen molar-refractivity contribution >= 4 is 32.8 Å². The fourth-order valence-electron chi connectivity index (χ4n) is 4.45. The summed E-state index contributed by atoms with van der Waals surface area (Å²) in [4.78, 5) is 34.7.